The molecule has 0 bridgehead atoms. The van der Waals surface area contributed by atoms with Crippen LogP contribution in [0.2, 0.25) is 0 Å². The summed E-state index contributed by atoms with van der Waals surface area (Å²) in [5.74, 6) is -0.403. The fraction of sp³-hybridized carbons (Fsp3) is 0.296. The summed E-state index contributed by atoms with van der Waals surface area (Å²) < 4.78 is 2.06. The summed E-state index contributed by atoms with van der Waals surface area (Å²) in [7, 11) is 0. The summed E-state index contributed by atoms with van der Waals surface area (Å²) in [6.45, 7) is 1.40. The van der Waals surface area contributed by atoms with Crippen LogP contribution in [-0.2, 0) is 13.1 Å². The highest BCUT2D eigenvalue weighted by atomic mass is 16.1. The highest BCUT2D eigenvalue weighted by Crippen LogP contribution is 2.26. The van der Waals surface area contributed by atoms with Crippen molar-refractivity contribution in [1.82, 2.24) is 9.88 Å². The fourth-order valence-corrected chi connectivity index (χ4v) is 4.97. The van der Waals surface area contributed by atoms with E-state index >= 15 is 0 Å². The average Bonchev–Trinajstić information content (AvgIpc) is 3.17. The predicted molar refractivity (Wildman–Crippen MR) is 131 cm³/mol. The van der Waals surface area contributed by atoms with E-state index in [1.807, 2.05) is 12.1 Å². The number of carbonyl (C=O) groups is 1. The predicted octanol–water partition coefficient (Wildman–Crippen LogP) is 4.30. The van der Waals surface area contributed by atoms with E-state index in [0.29, 0.717) is 24.3 Å². The first-order valence-electron chi connectivity index (χ1n) is 11.5. The number of fused-ring (bicyclic) bond motifs is 2. The van der Waals surface area contributed by atoms with E-state index in [1.165, 1.54) is 21.9 Å². The molecule has 4 aromatic rings. The van der Waals surface area contributed by atoms with Crippen LogP contribution in [-0.4, -0.2) is 22.6 Å². The van der Waals surface area contributed by atoms with Crippen LogP contribution >= 0.6 is 0 Å². The van der Waals surface area contributed by atoms with Gasteiger partial charge in [-0.2, -0.15) is 0 Å². The molecule has 0 aliphatic heterocycles. The second-order valence-corrected chi connectivity index (χ2v) is 9.00. The van der Waals surface area contributed by atoms with Crippen LogP contribution in [0.1, 0.15) is 47.3 Å². The number of nitrogens with zero attached hydrogens (tertiary/aromatic N) is 1. The maximum Gasteiger partial charge on any atom is 0.265 e. The van der Waals surface area contributed by atoms with E-state index in [2.05, 4.69) is 64.5 Å². The van der Waals surface area contributed by atoms with Crippen molar-refractivity contribution in [3.63, 3.8) is 0 Å². The summed E-state index contributed by atoms with van der Waals surface area (Å²) in [5.41, 5.74) is 15.8. The Morgan fingerprint density at radius 2 is 1.72 bits per heavy atom. The molecule has 0 radical (unpaired) electrons. The quantitative estimate of drug-likeness (QED) is 0.430. The summed E-state index contributed by atoms with van der Waals surface area (Å²) >= 11 is 0. The molecule has 1 aliphatic rings. The minimum atomic E-state index is -0.403. The topological polar surface area (TPSA) is 86.1 Å². The SMILES string of the molecule is NC(=O)c1cc2ccc(CNC3CCC(N)CC3)cc2n1Cc1cccc2ccccc12. The fourth-order valence-electron chi connectivity index (χ4n) is 4.97. The van der Waals surface area contributed by atoms with Gasteiger partial charge in [0.05, 0.1) is 0 Å². The van der Waals surface area contributed by atoms with Crippen molar-refractivity contribution in [1.29, 1.82) is 0 Å². The first-order valence-corrected chi connectivity index (χ1v) is 11.5. The van der Waals surface area contributed by atoms with Gasteiger partial charge in [-0.15, -0.1) is 0 Å². The van der Waals surface area contributed by atoms with Crippen LogP contribution in [0.25, 0.3) is 21.7 Å². The average molecular weight is 427 g/mol. The van der Waals surface area contributed by atoms with Gasteiger partial charge in [0, 0.05) is 36.1 Å². The third-order valence-corrected chi connectivity index (χ3v) is 6.80. The Morgan fingerprint density at radius 1 is 0.938 bits per heavy atom. The van der Waals surface area contributed by atoms with Gasteiger partial charge in [0.15, 0.2) is 0 Å². The maximum absolute atomic E-state index is 12.3. The molecule has 32 heavy (non-hydrogen) atoms. The third-order valence-electron chi connectivity index (χ3n) is 6.80. The minimum absolute atomic E-state index is 0.356. The van der Waals surface area contributed by atoms with Gasteiger partial charge >= 0.3 is 0 Å². The Morgan fingerprint density at radius 3 is 2.53 bits per heavy atom. The van der Waals surface area contributed by atoms with Crippen molar-refractivity contribution >= 4 is 27.6 Å². The zero-order valence-corrected chi connectivity index (χ0v) is 18.3. The number of nitrogens with two attached hydrogens (primary N) is 2. The van der Waals surface area contributed by atoms with Crippen LogP contribution < -0.4 is 16.8 Å². The molecule has 0 unspecified atom stereocenters. The lowest BCUT2D eigenvalue weighted by Gasteiger charge is -2.27. The summed E-state index contributed by atoms with van der Waals surface area (Å²) in [5, 5.41) is 7.11. The molecule has 5 heteroatoms. The number of rotatable bonds is 6. The van der Waals surface area contributed by atoms with Crippen LogP contribution in [0.3, 0.4) is 0 Å². The van der Waals surface area contributed by atoms with Gasteiger partial charge in [0.1, 0.15) is 5.69 Å². The molecule has 0 saturated heterocycles. The van der Waals surface area contributed by atoms with Gasteiger partial charge < -0.3 is 21.4 Å². The van der Waals surface area contributed by atoms with Crippen LogP contribution in [0.5, 0.6) is 0 Å². The van der Waals surface area contributed by atoms with Crippen molar-refractivity contribution in [2.75, 3.05) is 0 Å². The molecule has 1 fully saturated rings. The lowest BCUT2D eigenvalue weighted by molar-refractivity contribution is 0.0992. The highest BCUT2D eigenvalue weighted by molar-refractivity contribution is 5.98. The molecule has 5 rings (SSSR count). The largest absolute Gasteiger partial charge is 0.364 e. The number of amides is 1. The summed E-state index contributed by atoms with van der Waals surface area (Å²) in [6, 6.07) is 23.9. The Hall–Kier alpha value is -3.15. The molecular weight excluding hydrogens is 396 g/mol. The monoisotopic (exact) mass is 426 g/mol. The van der Waals surface area contributed by atoms with E-state index in [0.717, 1.165) is 43.1 Å². The summed E-state index contributed by atoms with van der Waals surface area (Å²) in [4.78, 5) is 12.3. The number of benzene rings is 3. The Balaban J connectivity index is 1.47. The molecule has 0 atom stereocenters. The molecule has 0 spiro atoms. The second-order valence-electron chi connectivity index (χ2n) is 9.00. The lowest BCUT2D eigenvalue weighted by atomic mass is 9.92. The maximum atomic E-state index is 12.3. The van der Waals surface area contributed by atoms with E-state index in [9.17, 15) is 4.79 Å². The van der Waals surface area contributed by atoms with Crippen molar-refractivity contribution in [2.45, 2.75) is 50.9 Å². The molecule has 164 valence electrons. The van der Waals surface area contributed by atoms with Crippen molar-refractivity contribution in [3.8, 4) is 0 Å². The van der Waals surface area contributed by atoms with E-state index < -0.39 is 5.91 Å². The Kier molecular flexibility index (Phi) is 5.68. The molecule has 1 saturated carbocycles. The molecule has 1 heterocycles. The Bertz CT molecular complexity index is 1260. The van der Waals surface area contributed by atoms with Crippen molar-refractivity contribution < 1.29 is 4.79 Å². The van der Waals surface area contributed by atoms with Crippen molar-refractivity contribution in [2.24, 2.45) is 11.5 Å². The first kappa shape index (κ1) is 20.7. The standard InChI is InChI=1S/C27H30N4O/c28-22-10-12-23(13-11-22)30-16-18-8-9-20-15-26(27(29)32)31(25(20)14-18)17-21-6-3-5-19-4-1-2-7-24(19)21/h1-9,14-15,22-23,30H,10-13,16-17,28H2,(H2,29,32). The number of primary amides is 1. The van der Waals surface area contributed by atoms with Gasteiger partial charge in [0.2, 0.25) is 0 Å². The van der Waals surface area contributed by atoms with Gasteiger partial charge in [0.25, 0.3) is 5.91 Å². The van der Waals surface area contributed by atoms with E-state index in [4.69, 9.17) is 11.5 Å². The summed E-state index contributed by atoms with van der Waals surface area (Å²) in [6.07, 6.45) is 4.44. The molecule has 1 amide bonds. The molecule has 5 N–H and O–H groups in total. The molecule has 5 nitrogen and oxygen atoms in total. The highest BCUT2D eigenvalue weighted by Gasteiger charge is 2.18. The second kappa shape index (κ2) is 8.77. The van der Waals surface area contributed by atoms with Gasteiger partial charge in [-0.25, -0.2) is 0 Å². The normalized spacial score (nSPS) is 18.9. The number of hydrogen-bond acceptors (Lipinski definition) is 3. The van der Waals surface area contributed by atoms with E-state index in [1.54, 1.807) is 0 Å². The van der Waals surface area contributed by atoms with E-state index in [-0.39, 0.29) is 0 Å². The lowest BCUT2D eigenvalue weighted by Crippen LogP contribution is -2.37. The first-order chi connectivity index (χ1) is 15.6. The van der Waals surface area contributed by atoms with Crippen molar-refractivity contribution in [3.05, 3.63) is 83.6 Å². The van der Waals surface area contributed by atoms with Crippen LogP contribution in [0, 0.1) is 0 Å². The number of aromatic nitrogens is 1. The Labute approximate surface area is 188 Å². The van der Waals surface area contributed by atoms with Crippen LogP contribution in [0.15, 0.2) is 66.7 Å². The number of hydrogen-bond donors (Lipinski definition) is 3. The van der Waals surface area contributed by atoms with Gasteiger partial charge in [-0.1, -0.05) is 54.6 Å². The number of nitrogens with one attached hydrogen (secondary N) is 1. The molecular formula is C27H30N4O. The molecule has 1 aromatic heterocycles. The van der Waals surface area contributed by atoms with Gasteiger partial charge in [-0.3, -0.25) is 4.79 Å². The molecule has 3 aromatic carbocycles. The van der Waals surface area contributed by atoms with Crippen LogP contribution in [0.4, 0.5) is 0 Å². The zero-order chi connectivity index (χ0) is 22.1. The molecule has 1 aliphatic carbocycles. The zero-order valence-electron chi connectivity index (χ0n) is 18.3. The third kappa shape index (κ3) is 4.14. The number of carbonyl (C=O) groups excluding carboxylic acids is 1. The minimum Gasteiger partial charge on any atom is -0.364 e. The smallest absolute Gasteiger partial charge is 0.265 e. The van der Waals surface area contributed by atoms with Gasteiger partial charge in [-0.05, 0) is 59.7 Å².